The molecule has 0 aromatic heterocycles. The number of nitrogens with two attached hydrogens (primary N) is 1. The lowest BCUT2D eigenvalue weighted by atomic mass is 9.98. The van der Waals surface area contributed by atoms with Crippen molar-refractivity contribution in [1.29, 1.82) is 0 Å². The number of nitrogens with one attached hydrogen (secondary N) is 1. The van der Waals surface area contributed by atoms with Gasteiger partial charge in [0, 0.05) is 31.6 Å². The summed E-state index contributed by atoms with van der Waals surface area (Å²) >= 11 is 0. The second-order valence-electron chi connectivity index (χ2n) is 6.57. The maximum Gasteiger partial charge on any atom is 0.397 e. The molecule has 132 valence electrons. The molecule has 0 spiro atoms. The molecular weight excluding hydrogens is 311 g/mol. The fraction of sp³-hybridized carbons (Fsp3) is 0.867. The molecule has 2 aliphatic rings. The maximum atomic E-state index is 12.2. The Morgan fingerprint density at radius 2 is 1.78 bits per heavy atom. The van der Waals surface area contributed by atoms with Gasteiger partial charge in [0.05, 0.1) is 0 Å². The first-order valence-electron chi connectivity index (χ1n) is 8.14. The van der Waals surface area contributed by atoms with Gasteiger partial charge in [-0.05, 0) is 31.6 Å². The molecule has 1 saturated heterocycles. The molecule has 8 heteroatoms. The van der Waals surface area contributed by atoms with Crippen molar-refractivity contribution in [3.63, 3.8) is 0 Å². The molecule has 23 heavy (non-hydrogen) atoms. The third-order valence-corrected chi connectivity index (χ3v) is 4.73. The van der Waals surface area contributed by atoms with Gasteiger partial charge in [-0.15, -0.1) is 0 Å². The largest absolute Gasteiger partial charge is 0.397 e. The molecule has 3 N–H and O–H groups in total. The molecule has 2 amide bonds. The van der Waals surface area contributed by atoms with Crippen LogP contribution in [-0.4, -0.2) is 48.1 Å². The van der Waals surface area contributed by atoms with Crippen molar-refractivity contribution in [3.8, 4) is 0 Å². The zero-order valence-electron chi connectivity index (χ0n) is 13.1. The maximum absolute atomic E-state index is 12.2. The third kappa shape index (κ3) is 5.67. The van der Waals surface area contributed by atoms with Gasteiger partial charge in [-0.2, -0.15) is 13.2 Å². The lowest BCUT2D eigenvalue weighted by Crippen LogP contribution is -2.47. The molecule has 1 aliphatic carbocycles. The monoisotopic (exact) mass is 335 g/mol. The number of rotatable bonds is 4. The number of amides is 2. The first-order valence-corrected chi connectivity index (χ1v) is 8.14. The molecule has 2 fully saturated rings. The van der Waals surface area contributed by atoms with Crippen LogP contribution in [0.1, 0.15) is 44.9 Å². The highest BCUT2D eigenvalue weighted by molar-refractivity contribution is 5.77. The molecule has 0 bridgehead atoms. The van der Waals surface area contributed by atoms with Crippen LogP contribution in [0, 0.1) is 5.92 Å². The van der Waals surface area contributed by atoms with E-state index in [0.717, 1.165) is 19.3 Å². The zero-order valence-corrected chi connectivity index (χ0v) is 13.1. The SMILES string of the molecule is N[C@@H]1CCC[C@H]1CC(=O)NC1CCN(C(=O)CC(F)(F)F)CC1. The van der Waals surface area contributed by atoms with Crippen molar-refractivity contribution in [2.75, 3.05) is 13.1 Å². The summed E-state index contributed by atoms with van der Waals surface area (Å²) in [5.74, 6) is -0.713. The highest BCUT2D eigenvalue weighted by Gasteiger charge is 2.35. The van der Waals surface area contributed by atoms with Crippen molar-refractivity contribution in [2.45, 2.75) is 63.2 Å². The molecule has 0 unspecified atom stereocenters. The Kier molecular flexibility index (Phi) is 5.89. The number of alkyl halides is 3. The quantitative estimate of drug-likeness (QED) is 0.819. The Morgan fingerprint density at radius 1 is 1.13 bits per heavy atom. The molecule has 0 radical (unpaired) electrons. The van der Waals surface area contributed by atoms with Gasteiger partial charge in [-0.1, -0.05) is 6.42 Å². The Bertz CT molecular complexity index is 434. The second-order valence-corrected chi connectivity index (χ2v) is 6.57. The Morgan fingerprint density at radius 3 is 2.30 bits per heavy atom. The van der Waals surface area contributed by atoms with E-state index in [-0.39, 0.29) is 37.0 Å². The third-order valence-electron chi connectivity index (χ3n) is 4.73. The van der Waals surface area contributed by atoms with E-state index in [2.05, 4.69) is 5.32 Å². The summed E-state index contributed by atoms with van der Waals surface area (Å²) in [4.78, 5) is 24.8. The van der Waals surface area contributed by atoms with Gasteiger partial charge in [0.15, 0.2) is 0 Å². The average Bonchev–Trinajstić information content (AvgIpc) is 2.83. The topological polar surface area (TPSA) is 75.4 Å². The Balaban J connectivity index is 1.70. The number of likely N-dealkylation sites (tertiary alicyclic amines) is 1. The predicted molar refractivity (Wildman–Crippen MR) is 78.4 cm³/mol. The van der Waals surface area contributed by atoms with Crippen LogP contribution in [0.15, 0.2) is 0 Å². The van der Waals surface area contributed by atoms with Crippen LogP contribution in [0.5, 0.6) is 0 Å². The van der Waals surface area contributed by atoms with E-state index in [0.29, 0.717) is 19.3 Å². The number of piperidine rings is 1. The van der Waals surface area contributed by atoms with Gasteiger partial charge in [0.25, 0.3) is 0 Å². The lowest BCUT2D eigenvalue weighted by molar-refractivity contribution is -0.162. The normalized spacial score (nSPS) is 26.3. The second kappa shape index (κ2) is 7.51. The summed E-state index contributed by atoms with van der Waals surface area (Å²) in [6, 6.07) is 0.0117. The van der Waals surface area contributed by atoms with E-state index in [1.807, 2.05) is 0 Å². The van der Waals surface area contributed by atoms with Gasteiger partial charge >= 0.3 is 6.18 Å². The molecular formula is C15H24F3N3O2. The fourth-order valence-corrected chi connectivity index (χ4v) is 3.40. The molecule has 1 saturated carbocycles. The number of nitrogens with zero attached hydrogens (tertiary/aromatic N) is 1. The van der Waals surface area contributed by atoms with Gasteiger partial charge in [0.2, 0.25) is 11.8 Å². The van der Waals surface area contributed by atoms with E-state index >= 15 is 0 Å². The standard InChI is InChI=1S/C15H24F3N3O2/c16-15(17,18)9-14(23)21-6-4-11(5-7-21)20-13(22)8-10-2-1-3-12(10)19/h10-12H,1-9,19H2,(H,20,22)/t10-,12+/m0/s1. The van der Waals surface area contributed by atoms with Crippen LogP contribution in [0.4, 0.5) is 13.2 Å². The summed E-state index contributed by atoms with van der Waals surface area (Å²) < 4.78 is 36.7. The molecule has 1 aliphatic heterocycles. The number of hydrogen-bond donors (Lipinski definition) is 2. The number of carbonyl (C=O) groups is 2. The number of carbonyl (C=O) groups excluding carboxylic acids is 2. The van der Waals surface area contributed by atoms with Crippen molar-refractivity contribution in [3.05, 3.63) is 0 Å². The van der Waals surface area contributed by atoms with E-state index < -0.39 is 18.5 Å². The van der Waals surface area contributed by atoms with Crippen molar-refractivity contribution in [2.24, 2.45) is 11.7 Å². The molecule has 2 atom stereocenters. The van der Waals surface area contributed by atoms with Crippen molar-refractivity contribution < 1.29 is 22.8 Å². The fourth-order valence-electron chi connectivity index (χ4n) is 3.40. The number of halogens is 3. The first kappa shape index (κ1) is 18.0. The van der Waals surface area contributed by atoms with Crippen LogP contribution in [-0.2, 0) is 9.59 Å². The summed E-state index contributed by atoms with van der Waals surface area (Å²) in [5, 5.41) is 2.92. The summed E-state index contributed by atoms with van der Waals surface area (Å²) in [6.07, 6.45) is -1.51. The van der Waals surface area contributed by atoms with E-state index in [1.165, 1.54) is 4.90 Å². The van der Waals surface area contributed by atoms with Crippen molar-refractivity contribution in [1.82, 2.24) is 10.2 Å². The van der Waals surface area contributed by atoms with Crippen molar-refractivity contribution >= 4 is 11.8 Å². The summed E-state index contributed by atoms with van der Waals surface area (Å²) in [5.41, 5.74) is 5.95. The highest BCUT2D eigenvalue weighted by atomic mass is 19.4. The zero-order chi connectivity index (χ0) is 17.0. The minimum atomic E-state index is -4.47. The van der Waals surface area contributed by atoms with Crippen LogP contribution >= 0.6 is 0 Å². The molecule has 2 rings (SSSR count). The van der Waals surface area contributed by atoms with Crippen LogP contribution in [0.3, 0.4) is 0 Å². The Labute approximate surface area is 133 Å². The molecule has 5 nitrogen and oxygen atoms in total. The number of hydrogen-bond acceptors (Lipinski definition) is 3. The average molecular weight is 335 g/mol. The van der Waals surface area contributed by atoms with Crippen LogP contribution in [0.25, 0.3) is 0 Å². The van der Waals surface area contributed by atoms with Gasteiger partial charge in [-0.3, -0.25) is 9.59 Å². The summed E-state index contributed by atoms with van der Waals surface area (Å²) in [7, 11) is 0. The smallest absolute Gasteiger partial charge is 0.353 e. The molecule has 0 aromatic rings. The highest BCUT2D eigenvalue weighted by Crippen LogP contribution is 2.27. The van der Waals surface area contributed by atoms with Gasteiger partial charge in [0.1, 0.15) is 6.42 Å². The predicted octanol–water partition coefficient (Wildman–Crippen LogP) is 1.56. The van der Waals surface area contributed by atoms with Crippen LogP contribution in [0.2, 0.25) is 0 Å². The van der Waals surface area contributed by atoms with E-state index in [4.69, 9.17) is 5.73 Å². The molecule has 0 aromatic carbocycles. The first-order chi connectivity index (χ1) is 10.7. The minimum absolute atomic E-state index is 0.0487. The van der Waals surface area contributed by atoms with Gasteiger partial charge in [-0.25, -0.2) is 0 Å². The van der Waals surface area contributed by atoms with E-state index in [9.17, 15) is 22.8 Å². The van der Waals surface area contributed by atoms with E-state index in [1.54, 1.807) is 0 Å². The summed E-state index contributed by atoms with van der Waals surface area (Å²) in [6.45, 7) is 0.506. The van der Waals surface area contributed by atoms with Crippen LogP contribution < -0.4 is 11.1 Å². The molecule has 1 heterocycles. The van der Waals surface area contributed by atoms with Gasteiger partial charge < -0.3 is 16.0 Å². The minimum Gasteiger partial charge on any atom is -0.353 e. The Hall–Kier alpha value is -1.31. The lowest BCUT2D eigenvalue weighted by Gasteiger charge is -2.33.